The van der Waals surface area contributed by atoms with Crippen LogP contribution in [0, 0.1) is 0 Å². The summed E-state index contributed by atoms with van der Waals surface area (Å²) in [5.41, 5.74) is 1.43. The smallest absolute Gasteiger partial charge is 0.0595 e. The Bertz CT molecular complexity index is 336. The minimum absolute atomic E-state index is 0.473. The zero-order valence-corrected chi connectivity index (χ0v) is 12.6. The topological polar surface area (TPSA) is 12.5 Å². The third kappa shape index (κ3) is 3.81. The van der Waals surface area contributed by atoms with Gasteiger partial charge in [-0.05, 0) is 18.4 Å². The SMILES string of the molecule is COC1CCN(CC(CBr)c2ccccc2)CC1. The van der Waals surface area contributed by atoms with Crippen LogP contribution in [0.1, 0.15) is 24.3 Å². The van der Waals surface area contributed by atoms with Crippen molar-refractivity contribution in [1.82, 2.24) is 4.90 Å². The number of likely N-dealkylation sites (tertiary alicyclic amines) is 1. The predicted octanol–water partition coefficient (Wildman–Crippen LogP) is 3.28. The molecule has 1 aliphatic heterocycles. The lowest BCUT2D eigenvalue weighted by Gasteiger charge is -2.33. The molecule has 0 aliphatic carbocycles. The fourth-order valence-electron chi connectivity index (χ4n) is 2.61. The zero-order valence-electron chi connectivity index (χ0n) is 11.0. The lowest BCUT2D eigenvalue weighted by molar-refractivity contribution is 0.0399. The van der Waals surface area contributed by atoms with E-state index >= 15 is 0 Å². The fraction of sp³-hybridized carbons (Fsp3) is 0.600. The second-order valence-electron chi connectivity index (χ2n) is 5.00. The van der Waals surface area contributed by atoms with E-state index in [1.54, 1.807) is 0 Å². The van der Waals surface area contributed by atoms with Crippen molar-refractivity contribution in [2.75, 3.05) is 32.1 Å². The molecule has 3 heteroatoms. The van der Waals surface area contributed by atoms with Crippen molar-refractivity contribution in [2.24, 2.45) is 0 Å². The van der Waals surface area contributed by atoms with E-state index in [-0.39, 0.29) is 0 Å². The number of halogens is 1. The first kappa shape index (κ1) is 14.0. The Labute approximate surface area is 118 Å². The Morgan fingerprint density at radius 1 is 1.28 bits per heavy atom. The van der Waals surface area contributed by atoms with Crippen molar-refractivity contribution in [1.29, 1.82) is 0 Å². The molecule has 0 N–H and O–H groups in total. The summed E-state index contributed by atoms with van der Waals surface area (Å²) in [6.45, 7) is 3.47. The van der Waals surface area contributed by atoms with Crippen LogP contribution in [0.4, 0.5) is 0 Å². The maximum Gasteiger partial charge on any atom is 0.0595 e. The number of hydrogen-bond acceptors (Lipinski definition) is 2. The number of ether oxygens (including phenoxy) is 1. The van der Waals surface area contributed by atoms with E-state index in [9.17, 15) is 0 Å². The molecule has 1 aliphatic rings. The molecule has 18 heavy (non-hydrogen) atoms. The van der Waals surface area contributed by atoms with Gasteiger partial charge in [0.25, 0.3) is 0 Å². The van der Waals surface area contributed by atoms with Crippen LogP contribution < -0.4 is 0 Å². The Kier molecular flexibility index (Phi) is 5.67. The standard InChI is InChI=1S/C15H22BrNO/c1-18-15-7-9-17(10-8-15)12-14(11-16)13-5-3-2-4-6-13/h2-6,14-15H,7-12H2,1H3. The van der Waals surface area contributed by atoms with E-state index in [4.69, 9.17) is 4.74 Å². The van der Waals surface area contributed by atoms with Gasteiger partial charge >= 0.3 is 0 Å². The highest BCUT2D eigenvalue weighted by atomic mass is 79.9. The van der Waals surface area contributed by atoms with Crippen LogP contribution in [0.5, 0.6) is 0 Å². The van der Waals surface area contributed by atoms with Gasteiger partial charge in [0.05, 0.1) is 6.10 Å². The van der Waals surface area contributed by atoms with Gasteiger partial charge in [-0.25, -0.2) is 0 Å². The molecule has 1 heterocycles. The summed E-state index contributed by atoms with van der Waals surface area (Å²) in [4.78, 5) is 2.56. The van der Waals surface area contributed by atoms with Crippen LogP contribution in [0.25, 0.3) is 0 Å². The minimum atomic E-state index is 0.473. The quantitative estimate of drug-likeness (QED) is 0.774. The number of nitrogens with zero attached hydrogens (tertiary/aromatic N) is 1. The van der Waals surface area contributed by atoms with E-state index in [1.165, 1.54) is 18.4 Å². The summed E-state index contributed by atoms with van der Waals surface area (Å²) in [6, 6.07) is 10.8. The summed E-state index contributed by atoms with van der Waals surface area (Å²) < 4.78 is 5.42. The van der Waals surface area contributed by atoms with Gasteiger partial charge in [-0.1, -0.05) is 46.3 Å². The number of rotatable bonds is 5. The van der Waals surface area contributed by atoms with Crippen molar-refractivity contribution in [3.8, 4) is 0 Å². The van der Waals surface area contributed by atoms with Gasteiger partial charge in [0, 0.05) is 38.0 Å². The summed E-state index contributed by atoms with van der Waals surface area (Å²) in [5.74, 6) is 0.588. The van der Waals surface area contributed by atoms with Gasteiger partial charge in [0.2, 0.25) is 0 Å². The zero-order chi connectivity index (χ0) is 12.8. The molecular weight excluding hydrogens is 290 g/mol. The molecule has 1 unspecified atom stereocenters. The number of methoxy groups -OCH3 is 1. The minimum Gasteiger partial charge on any atom is -0.381 e. The van der Waals surface area contributed by atoms with Gasteiger partial charge in [-0.15, -0.1) is 0 Å². The Balaban J connectivity index is 1.88. The first-order valence-electron chi connectivity index (χ1n) is 6.69. The number of piperidine rings is 1. The molecule has 1 saturated heterocycles. The van der Waals surface area contributed by atoms with Gasteiger partial charge in [0.15, 0.2) is 0 Å². The maximum absolute atomic E-state index is 5.42. The van der Waals surface area contributed by atoms with Crippen LogP contribution in [0.2, 0.25) is 0 Å². The molecule has 1 fully saturated rings. The van der Waals surface area contributed by atoms with Crippen molar-refractivity contribution in [3.63, 3.8) is 0 Å². The van der Waals surface area contributed by atoms with Crippen LogP contribution >= 0.6 is 15.9 Å². The van der Waals surface area contributed by atoms with Gasteiger partial charge in [-0.3, -0.25) is 0 Å². The monoisotopic (exact) mass is 311 g/mol. The Morgan fingerprint density at radius 3 is 2.50 bits per heavy atom. The van der Waals surface area contributed by atoms with Crippen molar-refractivity contribution >= 4 is 15.9 Å². The molecule has 1 atom stereocenters. The molecule has 0 amide bonds. The van der Waals surface area contributed by atoms with Gasteiger partial charge in [0.1, 0.15) is 0 Å². The van der Waals surface area contributed by atoms with Crippen LogP contribution in [-0.4, -0.2) is 43.1 Å². The lowest BCUT2D eigenvalue weighted by Crippen LogP contribution is -2.39. The van der Waals surface area contributed by atoms with Gasteiger partial charge in [-0.2, -0.15) is 0 Å². The molecule has 0 aromatic heterocycles. The van der Waals surface area contributed by atoms with E-state index in [1.807, 2.05) is 7.11 Å². The van der Waals surface area contributed by atoms with E-state index in [0.717, 1.165) is 25.0 Å². The highest BCUT2D eigenvalue weighted by Crippen LogP contribution is 2.22. The lowest BCUT2D eigenvalue weighted by atomic mass is 9.99. The number of hydrogen-bond donors (Lipinski definition) is 0. The van der Waals surface area contributed by atoms with Crippen LogP contribution in [-0.2, 0) is 4.74 Å². The third-order valence-electron chi connectivity index (χ3n) is 3.80. The highest BCUT2D eigenvalue weighted by Gasteiger charge is 2.21. The summed E-state index contributed by atoms with van der Waals surface area (Å²) >= 11 is 3.65. The van der Waals surface area contributed by atoms with Crippen LogP contribution in [0.3, 0.4) is 0 Å². The molecule has 1 aromatic carbocycles. The molecule has 100 valence electrons. The molecule has 2 nitrogen and oxygen atoms in total. The molecule has 0 saturated carbocycles. The molecule has 2 rings (SSSR count). The largest absolute Gasteiger partial charge is 0.381 e. The molecule has 1 aromatic rings. The maximum atomic E-state index is 5.42. The van der Waals surface area contributed by atoms with Crippen molar-refractivity contribution in [3.05, 3.63) is 35.9 Å². The molecule has 0 bridgehead atoms. The normalized spacial score (nSPS) is 19.9. The van der Waals surface area contributed by atoms with Gasteiger partial charge < -0.3 is 9.64 Å². The first-order valence-corrected chi connectivity index (χ1v) is 7.81. The first-order chi connectivity index (χ1) is 8.83. The Hall–Kier alpha value is -0.380. The molecule has 0 spiro atoms. The molecular formula is C15H22BrNO. The fourth-order valence-corrected chi connectivity index (χ4v) is 3.19. The van der Waals surface area contributed by atoms with Crippen molar-refractivity contribution in [2.45, 2.75) is 24.9 Å². The summed E-state index contributed by atoms with van der Waals surface area (Å²) in [7, 11) is 1.82. The summed E-state index contributed by atoms with van der Waals surface area (Å²) in [5, 5.41) is 1.03. The third-order valence-corrected chi connectivity index (χ3v) is 4.59. The molecule has 0 radical (unpaired) electrons. The van der Waals surface area contributed by atoms with E-state index in [2.05, 4.69) is 51.2 Å². The number of alkyl halides is 1. The second kappa shape index (κ2) is 7.27. The van der Waals surface area contributed by atoms with Crippen LogP contribution in [0.15, 0.2) is 30.3 Å². The Morgan fingerprint density at radius 2 is 1.94 bits per heavy atom. The average molecular weight is 312 g/mol. The summed E-state index contributed by atoms with van der Waals surface area (Å²) in [6.07, 6.45) is 2.81. The van der Waals surface area contributed by atoms with Crippen molar-refractivity contribution < 1.29 is 4.74 Å². The van der Waals surface area contributed by atoms with E-state index < -0.39 is 0 Å². The van der Waals surface area contributed by atoms with E-state index in [0.29, 0.717) is 12.0 Å². The average Bonchev–Trinajstić information content (AvgIpc) is 2.46. The highest BCUT2D eigenvalue weighted by molar-refractivity contribution is 9.09. The second-order valence-corrected chi connectivity index (χ2v) is 5.65. The number of benzene rings is 1. The predicted molar refractivity (Wildman–Crippen MR) is 79.4 cm³/mol.